The topological polar surface area (TPSA) is 56.0 Å². The standard InChI is InChI=1S/C16H12ClN5S2/c17-12-4-2-11(3-5-12)8-14-19-13(9-23-14)10-24-16-20-15-18-6-1-7-22(15)21-16/h1-7,9H,8,10H2. The predicted octanol–water partition coefficient (Wildman–Crippen LogP) is 4.12. The second kappa shape index (κ2) is 6.88. The van der Waals surface area contributed by atoms with E-state index in [1.165, 1.54) is 5.56 Å². The smallest absolute Gasteiger partial charge is 0.245 e. The van der Waals surface area contributed by atoms with Gasteiger partial charge >= 0.3 is 0 Å². The minimum atomic E-state index is 0.613. The van der Waals surface area contributed by atoms with E-state index in [0.717, 1.165) is 27.9 Å². The number of hydrogen-bond donors (Lipinski definition) is 0. The zero-order valence-electron chi connectivity index (χ0n) is 12.5. The summed E-state index contributed by atoms with van der Waals surface area (Å²) in [5.74, 6) is 1.36. The fraction of sp³-hybridized carbons (Fsp3) is 0.125. The van der Waals surface area contributed by atoms with Crippen LogP contribution in [0.5, 0.6) is 0 Å². The molecule has 120 valence electrons. The van der Waals surface area contributed by atoms with E-state index in [-0.39, 0.29) is 0 Å². The average Bonchev–Trinajstić information content (AvgIpc) is 3.21. The summed E-state index contributed by atoms with van der Waals surface area (Å²) in [5.41, 5.74) is 2.25. The van der Waals surface area contributed by atoms with Crippen LogP contribution in [-0.4, -0.2) is 24.6 Å². The van der Waals surface area contributed by atoms with Crippen molar-refractivity contribution in [2.45, 2.75) is 17.3 Å². The van der Waals surface area contributed by atoms with E-state index in [9.17, 15) is 0 Å². The van der Waals surface area contributed by atoms with Gasteiger partial charge in [-0.3, -0.25) is 0 Å². The lowest BCUT2D eigenvalue weighted by atomic mass is 10.2. The van der Waals surface area contributed by atoms with E-state index in [2.05, 4.69) is 25.4 Å². The minimum absolute atomic E-state index is 0.613. The lowest BCUT2D eigenvalue weighted by Crippen LogP contribution is -1.89. The number of thioether (sulfide) groups is 1. The van der Waals surface area contributed by atoms with Crippen LogP contribution in [0.25, 0.3) is 5.78 Å². The van der Waals surface area contributed by atoms with Gasteiger partial charge in [0.05, 0.1) is 10.7 Å². The van der Waals surface area contributed by atoms with Gasteiger partial charge in [0.15, 0.2) is 0 Å². The second-order valence-electron chi connectivity index (χ2n) is 5.08. The van der Waals surface area contributed by atoms with Crippen LogP contribution < -0.4 is 0 Å². The van der Waals surface area contributed by atoms with Gasteiger partial charge < -0.3 is 0 Å². The molecule has 0 atom stereocenters. The van der Waals surface area contributed by atoms with Crippen molar-refractivity contribution < 1.29 is 0 Å². The maximum atomic E-state index is 5.91. The molecule has 0 aliphatic rings. The first kappa shape index (κ1) is 15.6. The Morgan fingerprint density at radius 1 is 1.17 bits per heavy atom. The van der Waals surface area contributed by atoms with Gasteiger partial charge in [-0.1, -0.05) is 35.5 Å². The van der Waals surface area contributed by atoms with Gasteiger partial charge in [0.25, 0.3) is 5.78 Å². The van der Waals surface area contributed by atoms with Crippen molar-refractivity contribution in [3.63, 3.8) is 0 Å². The molecule has 8 heteroatoms. The molecule has 4 rings (SSSR count). The zero-order valence-corrected chi connectivity index (χ0v) is 14.9. The third-order valence-electron chi connectivity index (χ3n) is 3.31. The van der Waals surface area contributed by atoms with Gasteiger partial charge in [-0.15, -0.1) is 16.4 Å². The molecule has 0 aliphatic heterocycles. The molecule has 4 aromatic rings. The third kappa shape index (κ3) is 3.58. The molecule has 0 unspecified atom stereocenters. The highest BCUT2D eigenvalue weighted by Gasteiger charge is 2.08. The summed E-state index contributed by atoms with van der Waals surface area (Å²) in [7, 11) is 0. The van der Waals surface area contributed by atoms with E-state index in [1.54, 1.807) is 33.8 Å². The summed E-state index contributed by atoms with van der Waals surface area (Å²) < 4.78 is 1.68. The van der Waals surface area contributed by atoms with E-state index >= 15 is 0 Å². The highest BCUT2D eigenvalue weighted by molar-refractivity contribution is 7.98. The summed E-state index contributed by atoms with van der Waals surface area (Å²) in [5, 5.41) is 9.03. The summed E-state index contributed by atoms with van der Waals surface area (Å²) in [6.07, 6.45) is 4.37. The SMILES string of the molecule is Clc1ccc(Cc2nc(CSc3nc4ncccn4n3)cs2)cc1. The highest BCUT2D eigenvalue weighted by atomic mass is 35.5. The van der Waals surface area contributed by atoms with E-state index in [4.69, 9.17) is 11.6 Å². The normalized spacial score (nSPS) is 11.2. The third-order valence-corrected chi connectivity index (χ3v) is 5.34. The maximum absolute atomic E-state index is 5.91. The summed E-state index contributed by atoms with van der Waals surface area (Å²) >= 11 is 9.15. The molecule has 3 heterocycles. The first-order valence-electron chi connectivity index (χ1n) is 7.24. The Morgan fingerprint density at radius 3 is 2.88 bits per heavy atom. The highest BCUT2D eigenvalue weighted by Crippen LogP contribution is 2.22. The molecule has 0 amide bonds. The monoisotopic (exact) mass is 373 g/mol. The maximum Gasteiger partial charge on any atom is 0.253 e. The Bertz CT molecular complexity index is 931. The fourth-order valence-corrected chi connectivity index (χ4v) is 3.96. The molecule has 0 aliphatic carbocycles. The van der Waals surface area contributed by atoms with Crippen LogP contribution in [0.1, 0.15) is 16.3 Å². The Kier molecular flexibility index (Phi) is 4.46. The Labute approximate surface area is 151 Å². The van der Waals surface area contributed by atoms with Gasteiger partial charge in [0.1, 0.15) is 0 Å². The Morgan fingerprint density at radius 2 is 2.04 bits per heavy atom. The molecule has 24 heavy (non-hydrogen) atoms. The van der Waals surface area contributed by atoms with Gasteiger partial charge in [-0.05, 0) is 23.8 Å². The number of aromatic nitrogens is 5. The first-order valence-corrected chi connectivity index (χ1v) is 9.48. The number of thiazole rings is 1. The van der Waals surface area contributed by atoms with Crippen LogP contribution in [-0.2, 0) is 12.2 Å². The Hall–Kier alpha value is -1.96. The quantitative estimate of drug-likeness (QED) is 0.492. The van der Waals surface area contributed by atoms with Crippen molar-refractivity contribution in [2.75, 3.05) is 0 Å². The second-order valence-corrected chi connectivity index (χ2v) is 7.40. The van der Waals surface area contributed by atoms with Crippen molar-refractivity contribution in [1.29, 1.82) is 0 Å². The van der Waals surface area contributed by atoms with Gasteiger partial charge in [-0.25, -0.2) is 14.5 Å². The number of nitrogens with zero attached hydrogens (tertiary/aromatic N) is 5. The van der Waals surface area contributed by atoms with E-state index in [0.29, 0.717) is 10.9 Å². The van der Waals surface area contributed by atoms with Gasteiger partial charge in [0, 0.05) is 35.0 Å². The van der Waals surface area contributed by atoms with Crippen molar-refractivity contribution in [3.05, 3.63) is 69.4 Å². The summed E-state index contributed by atoms with van der Waals surface area (Å²) in [6.45, 7) is 0. The molecule has 0 fully saturated rings. The molecule has 0 spiro atoms. The molecule has 0 radical (unpaired) electrons. The summed E-state index contributed by atoms with van der Waals surface area (Å²) in [6, 6.07) is 9.71. The molecule has 3 aromatic heterocycles. The number of rotatable bonds is 5. The van der Waals surface area contributed by atoms with Gasteiger partial charge in [0.2, 0.25) is 5.16 Å². The van der Waals surface area contributed by atoms with Crippen LogP contribution in [0.2, 0.25) is 5.02 Å². The zero-order chi connectivity index (χ0) is 16.4. The number of benzene rings is 1. The molecule has 0 saturated heterocycles. The van der Waals surface area contributed by atoms with Crippen LogP contribution in [0.3, 0.4) is 0 Å². The molecule has 1 aromatic carbocycles. The van der Waals surface area contributed by atoms with Crippen molar-refractivity contribution in [1.82, 2.24) is 24.6 Å². The fourth-order valence-electron chi connectivity index (χ4n) is 2.19. The molecular formula is C16H12ClN5S2. The first-order chi connectivity index (χ1) is 11.8. The number of fused-ring (bicyclic) bond motifs is 1. The van der Waals surface area contributed by atoms with Crippen molar-refractivity contribution in [2.24, 2.45) is 0 Å². The predicted molar refractivity (Wildman–Crippen MR) is 96.7 cm³/mol. The van der Waals surface area contributed by atoms with Crippen LogP contribution in [0.4, 0.5) is 0 Å². The van der Waals surface area contributed by atoms with Crippen LogP contribution in [0, 0.1) is 0 Å². The van der Waals surface area contributed by atoms with E-state index < -0.39 is 0 Å². The lowest BCUT2D eigenvalue weighted by molar-refractivity contribution is 0.879. The molecule has 0 saturated carbocycles. The molecule has 5 nitrogen and oxygen atoms in total. The molecular weight excluding hydrogens is 362 g/mol. The lowest BCUT2D eigenvalue weighted by Gasteiger charge is -1.98. The minimum Gasteiger partial charge on any atom is -0.245 e. The van der Waals surface area contributed by atoms with Crippen molar-refractivity contribution in [3.8, 4) is 0 Å². The van der Waals surface area contributed by atoms with Crippen molar-refractivity contribution >= 4 is 40.5 Å². The largest absolute Gasteiger partial charge is 0.253 e. The molecule has 0 bridgehead atoms. The Balaban J connectivity index is 1.40. The van der Waals surface area contributed by atoms with Gasteiger partial charge in [-0.2, -0.15) is 4.98 Å². The van der Waals surface area contributed by atoms with Crippen LogP contribution >= 0.6 is 34.7 Å². The number of halogens is 1. The molecule has 0 N–H and O–H groups in total. The number of hydrogen-bond acceptors (Lipinski definition) is 6. The van der Waals surface area contributed by atoms with Crippen LogP contribution in [0.15, 0.2) is 53.3 Å². The van der Waals surface area contributed by atoms with E-state index in [1.807, 2.05) is 36.5 Å². The average molecular weight is 374 g/mol. The summed E-state index contributed by atoms with van der Waals surface area (Å²) in [4.78, 5) is 13.2.